The van der Waals surface area contributed by atoms with Crippen LogP contribution >= 0.6 is 0 Å². The van der Waals surface area contributed by atoms with E-state index in [0.29, 0.717) is 16.6 Å². The van der Waals surface area contributed by atoms with Gasteiger partial charge < -0.3 is 19.4 Å². The van der Waals surface area contributed by atoms with Crippen LogP contribution in [0.2, 0.25) is 0 Å². The van der Waals surface area contributed by atoms with Gasteiger partial charge in [0, 0.05) is 12.0 Å². The summed E-state index contributed by atoms with van der Waals surface area (Å²) >= 11 is 0. The summed E-state index contributed by atoms with van der Waals surface area (Å²) in [6.45, 7) is 2.80. The predicted octanol–water partition coefficient (Wildman–Crippen LogP) is 7.00. The van der Waals surface area contributed by atoms with Crippen LogP contribution in [0.5, 0.6) is 0 Å². The minimum atomic E-state index is -4.67. The van der Waals surface area contributed by atoms with Gasteiger partial charge in [-0.3, -0.25) is 19.2 Å². The van der Waals surface area contributed by atoms with E-state index in [-0.39, 0.29) is 42.1 Å². The monoisotopic (exact) mass is 671 g/mol. The highest BCUT2D eigenvalue weighted by Crippen LogP contribution is 2.35. The minimum absolute atomic E-state index is 0.0327. The number of carbonyl (C=O) groups is 4. The number of imidazole rings is 1. The number of ether oxygens (including phenoxy) is 2. The van der Waals surface area contributed by atoms with Crippen LogP contribution < -0.4 is 5.32 Å². The van der Waals surface area contributed by atoms with Gasteiger partial charge >= 0.3 is 18.1 Å². The molecule has 1 heterocycles. The van der Waals surface area contributed by atoms with E-state index >= 15 is 0 Å². The number of amides is 1. The molecule has 0 aliphatic heterocycles. The van der Waals surface area contributed by atoms with E-state index in [9.17, 15) is 32.3 Å². The molecule has 1 aromatic heterocycles. The second kappa shape index (κ2) is 14.5. The Kier molecular flexibility index (Phi) is 10.3. The van der Waals surface area contributed by atoms with E-state index in [2.05, 4.69) is 10.3 Å². The second-order valence-corrected chi connectivity index (χ2v) is 11.1. The largest absolute Gasteiger partial charge is 0.465 e. The first-order chi connectivity index (χ1) is 23.5. The van der Waals surface area contributed by atoms with Crippen LogP contribution in [0.4, 0.5) is 18.9 Å². The van der Waals surface area contributed by atoms with Crippen molar-refractivity contribution in [1.29, 1.82) is 0 Å². The van der Waals surface area contributed by atoms with Crippen molar-refractivity contribution in [2.24, 2.45) is 0 Å². The maximum absolute atomic E-state index is 13.7. The number of Topliss-reactive ketones (excluding diaryl/α,β-unsaturated/α-hetero) is 1. The lowest BCUT2D eigenvalue weighted by Gasteiger charge is -2.29. The Bertz CT molecular complexity index is 1970. The van der Waals surface area contributed by atoms with Crippen molar-refractivity contribution in [3.05, 3.63) is 120 Å². The van der Waals surface area contributed by atoms with Crippen LogP contribution in [0.15, 0.2) is 103 Å². The number of alkyl halides is 3. The van der Waals surface area contributed by atoms with Gasteiger partial charge in [-0.15, -0.1) is 0 Å². The summed E-state index contributed by atoms with van der Waals surface area (Å²) in [5.41, 5.74) is -1.25. The number of fused-ring (bicyclic) bond motifs is 1. The molecule has 252 valence electrons. The summed E-state index contributed by atoms with van der Waals surface area (Å²) in [7, 11) is 0. The van der Waals surface area contributed by atoms with E-state index in [0.717, 1.165) is 12.1 Å². The molecule has 5 aromatic rings. The third kappa shape index (κ3) is 7.23. The molecule has 0 saturated heterocycles. The van der Waals surface area contributed by atoms with Crippen LogP contribution in [-0.2, 0) is 42.0 Å². The van der Waals surface area contributed by atoms with Gasteiger partial charge in [0.1, 0.15) is 5.52 Å². The van der Waals surface area contributed by atoms with Gasteiger partial charge in [-0.05, 0) is 54.8 Å². The molecule has 1 N–H and O–H groups in total. The van der Waals surface area contributed by atoms with Gasteiger partial charge in [-0.25, -0.2) is 4.98 Å². The van der Waals surface area contributed by atoms with Gasteiger partial charge in [-0.2, -0.15) is 13.2 Å². The molecule has 9 nitrogen and oxygen atoms in total. The van der Waals surface area contributed by atoms with Crippen LogP contribution in [0.3, 0.4) is 0 Å². The fourth-order valence-corrected chi connectivity index (χ4v) is 5.62. The topological polar surface area (TPSA) is 117 Å². The molecule has 4 aromatic carbocycles. The molecule has 1 amide bonds. The van der Waals surface area contributed by atoms with Crippen molar-refractivity contribution in [2.45, 2.75) is 38.4 Å². The number of aromatic nitrogens is 2. The van der Waals surface area contributed by atoms with E-state index in [4.69, 9.17) is 9.47 Å². The maximum Gasteiger partial charge on any atom is 0.416 e. The van der Waals surface area contributed by atoms with Crippen molar-refractivity contribution < 1.29 is 41.8 Å². The summed E-state index contributed by atoms with van der Waals surface area (Å²) in [5, 5.41) is 2.68. The van der Waals surface area contributed by atoms with E-state index < -0.39 is 47.2 Å². The van der Waals surface area contributed by atoms with E-state index in [1.54, 1.807) is 86.6 Å². The van der Waals surface area contributed by atoms with Gasteiger partial charge in [0.05, 0.1) is 42.9 Å². The number of anilines is 1. The molecule has 0 saturated carbocycles. The number of benzene rings is 4. The van der Waals surface area contributed by atoms with Crippen molar-refractivity contribution in [3.8, 4) is 11.1 Å². The Morgan fingerprint density at radius 1 is 0.776 bits per heavy atom. The Balaban J connectivity index is 1.46. The molecule has 0 aliphatic rings. The molecular formula is C37H32F3N3O6. The first-order valence-corrected chi connectivity index (χ1v) is 15.4. The standard InChI is InChI=1S/C37H32F3N3O6/c1-3-48-34(46)36(35(47)49-4-2,25-14-9-6-10-15-25)21-27(44)22-43-23-41-32-30(16-11-17-31(32)43)42-33(45)29-20-26(37(38,39)40)18-19-28(29)24-12-7-5-8-13-24/h5-20,23H,3-4,21-22H2,1-2H3,(H,42,45). The van der Waals surface area contributed by atoms with E-state index in [1.165, 1.54) is 23.0 Å². The third-order valence-electron chi connectivity index (χ3n) is 7.90. The average Bonchev–Trinajstić information content (AvgIpc) is 3.50. The molecular weight excluding hydrogens is 639 g/mol. The Morgan fingerprint density at radius 2 is 1.41 bits per heavy atom. The highest BCUT2D eigenvalue weighted by molar-refractivity contribution is 6.12. The zero-order valence-corrected chi connectivity index (χ0v) is 26.6. The SMILES string of the molecule is CCOC(=O)C(CC(=O)Cn1cnc2c(NC(=O)c3cc(C(F)(F)F)ccc3-c3ccccc3)cccc21)(C(=O)OCC)c1ccccc1. The first-order valence-electron chi connectivity index (χ1n) is 15.4. The van der Waals surface area contributed by atoms with Crippen molar-refractivity contribution in [2.75, 3.05) is 18.5 Å². The predicted molar refractivity (Wildman–Crippen MR) is 176 cm³/mol. The smallest absolute Gasteiger partial charge is 0.416 e. The lowest BCUT2D eigenvalue weighted by Crippen LogP contribution is -2.48. The summed E-state index contributed by atoms with van der Waals surface area (Å²) in [5.74, 6) is -3.15. The second-order valence-electron chi connectivity index (χ2n) is 11.1. The lowest BCUT2D eigenvalue weighted by molar-refractivity contribution is -0.166. The Morgan fingerprint density at radius 3 is 2.02 bits per heavy atom. The molecule has 0 radical (unpaired) electrons. The average molecular weight is 672 g/mol. The maximum atomic E-state index is 13.7. The summed E-state index contributed by atoms with van der Waals surface area (Å²) in [4.78, 5) is 58.4. The zero-order chi connectivity index (χ0) is 35.2. The van der Waals surface area contributed by atoms with Crippen LogP contribution in [0.25, 0.3) is 22.2 Å². The Hall–Kier alpha value is -5.78. The summed E-state index contributed by atoms with van der Waals surface area (Å²) in [6, 6.07) is 24.4. The van der Waals surface area contributed by atoms with Crippen LogP contribution in [-0.4, -0.2) is 46.4 Å². The molecule has 0 bridgehead atoms. The number of para-hydroxylation sites is 1. The molecule has 0 spiro atoms. The highest BCUT2D eigenvalue weighted by Gasteiger charge is 2.52. The van der Waals surface area contributed by atoms with E-state index in [1.807, 2.05) is 0 Å². The number of hydrogen-bond acceptors (Lipinski definition) is 7. The number of nitrogens with one attached hydrogen (secondary N) is 1. The van der Waals surface area contributed by atoms with Crippen molar-refractivity contribution in [1.82, 2.24) is 9.55 Å². The molecule has 12 heteroatoms. The number of esters is 2. The van der Waals surface area contributed by atoms with Gasteiger partial charge in [0.25, 0.3) is 5.91 Å². The van der Waals surface area contributed by atoms with Gasteiger partial charge in [0.2, 0.25) is 0 Å². The van der Waals surface area contributed by atoms with Gasteiger partial charge in [-0.1, -0.05) is 72.8 Å². The fourth-order valence-electron chi connectivity index (χ4n) is 5.62. The molecule has 49 heavy (non-hydrogen) atoms. The normalized spacial score (nSPS) is 11.6. The zero-order valence-electron chi connectivity index (χ0n) is 26.6. The number of halogens is 3. The molecule has 0 fully saturated rings. The quantitative estimate of drug-likeness (QED) is 0.112. The lowest BCUT2D eigenvalue weighted by atomic mass is 9.76. The van der Waals surface area contributed by atoms with Gasteiger partial charge in [0.15, 0.2) is 11.2 Å². The molecule has 0 aliphatic carbocycles. The summed E-state index contributed by atoms with van der Waals surface area (Å²) in [6.07, 6.45) is -3.88. The number of hydrogen-bond donors (Lipinski definition) is 1. The molecule has 0 unspecified atom stereocenters. The molecule has 5 rings (SSSR count). The van der Waals surface area contributed by atoms with Crippen LogP contribution in [0.1, 0.15) is 41.8 Å². The minimum Gasteiger partial charge on any atom is -0.465 e. The highest BCUT2D eigenvalue weighted by atomic mass is 19.4. The third-order valence-corrected chi connectivity index (χ3v) is 7.90. The van der Waals surface area contributed by atoms with Crippen LogP contribution in [0, 0.1) is 0 Å². The van der Waals surface area contributed by atoms with Crippen molar-refractivity contribution >= 4 is 40.3 Å². The molecule has 0 atom stereocenters. The summed E-state index contributed by atoms with van der Waals surface area (Å²) < 4.78 is 53.0. The number of ketones is 1. The Labute approximate surface area is 279 Å². The fraction of sp³-hybridized carbons (Fsp3) is 0.216. The number of carbonyl (C=O) groups excluding carboxylic acids is 4. The number of nitrogens with zero attached hydrogens (tertiary/aromatic N) is 2. The first kappa shape index (κ1) is 34.6. The van der Waals surface area contributed by atoms with Crippen molar-refractivity contribution in [3.63, 3.8) is 0 Å². The number of rotatable bonds is 12.